The van der Waals surface area contributed by atoms with Crippen molar-refractivity contribution in [1.82, 2.24) is 9.97 Å². The van der Waals surface area contributed by atoms with Gasteiger partial charge in [-0.3, -0.25) is 4.99 Å². The highest BCUT2D eigenvalue weighted by Crippen LogP contribution is 2.31. The fourth-order valence-corrected chi connectivity index (χ4v) is 2.95. The third-order valence-electron chi connectivity index (χ3n) is 4.20. The van der Waals surface area contributed by atoms with Gasteiger partial charge < -0.3 is 30.5 Å². The molecule has 1 aromatic rings. The van der Waals surface area contributed by atoms with Gasteiger partial charge in [0.15, 0.2) is 0 Å². The Kier molecular flexibility index (Phi) is 4.93. The molecule has 2 aliphatic heterocycles. The van der Waals surface area contributed by atoms with E-state index in [0.717, 1.165) is 5.82 Å². The van der Waals surface area contributed by atoms with Gasteiger partial charge in [-0.15, -0.1) is 0 Å². The fraction of sp³-hybridized carbons (Fsp3) is 0.533. The molecular formula is C15H22N6O3. The smallest absolute Gasteiger partial charge is 0.229 e. The summed E-state index contributed by atoms with van der Waals surface area (Å²) >= 11 is 0. The molecule has 130 valence electrons. The Balaban J connectivity index is 1.74. The quantitative estimate of drug-likeness (QED) is 0.608. The van der Waals surface area contributed by atoms with Gasteiger partial charge in [0.1, 0.15) is 24.1 Å². The van der Waals surface area contributed by atoms with Gasteiger partial charge in [-0.1, -0.05) is 0 Å². The van der Waals surface area contributed by atoms with Gasteiger partial charge >= 0.3 is 0 Å². The predicted octanol–water partition coefficient (Wildman–Crippen LogP) is -0.647. The minimum absolute atomic E-state index is 0.0170. The number of nitrogens with zero attached hydrogens (tertiary/aromatic N) is 4. The summed E-state index contributed by atoms with van der Waals surface area (Å²) in [6, 6.07) is 1.79. The van der Waals surface area contributed by atoms with Crippen LogP contribution in [0, 0.1) is 0 Å². The molecular weight excluding hydrogens is 312 g/mol. The highest BCUT2D eigenvalue weighted by atomic mass is 16.6. The number of nitrogens with one attached hydrogen (secondary N) is 1. The molecule has 0 spiro atoms. The predicted molar refractivity (Wildman–Crippen MR) is 90.0 cm³/mol. The summed E-state index contributed by atoms with van der Waals surface area (Å²) in [7, 11) is 3.58. The van der Waals surface area contributed by atoms with Crippen LogP contribution in [-0.4, -0.2) is 73.0 Å². The van der Waals surface area contributed by atoms with Gasteiger partial charge in [0.05, 0.1) is 25.0 Å². The number of ether oxygens (including phenoxy) is 2. The van der Waals surface area contributed by atoms with Crippen molar-refractivity contribution in [2.75, 3.05) is 37.5 Å². The van der Waals surface area contributed by atoms with Gasteiger partial charge in [-0.2, -0.15) is 4.98 Å². The molecule has 0 saturated carbocycles. The summed E-state index contributed by atoms with van der Waals surface area (Å²) < 4.78 is 11.3. The van der Waals surface area contributed by atoms with Gasteiger partial charge in [0.2, 0.25) is 5.95 Å². The highest BCUT2D eigenvalue weighted by molar-refractivity contribution is 5.81. The summed E-state index contributed by atoms with van der Waals surface area (Å²) in [6.45, 7) is 0.781. The third kappa shape index (κ3) is 3.18. The third-order valence-corrected chi connectivity index (χ3v) is 4.20. The number of fused-ring (bicyclic) bond motifs is 1. The largest absolute Gasteiger partial charge is 0.403 e. The molecule has 0 radical (unpaired) electrons. The standard InChI is InChI=1S/C15H22N6O3/c1-17-6-9(5-16)19-15-18-4-3-12(20-15)21(2)10-7-23-14-11(22)8-24-13(10)14/h3-6,10-11,13-14,22H,7-8,16H2,1-2H3,(H,18,19,20). The van der Waals surface area contributed by atoms with Crippen molar-refractivity contribution in [3.63, 3.8) is 0 Å². The molecule has 9 heteroatoms. The van der Waals surface area contributed by atoms with Crippen LogP contribution in [0.3, 0.4) is 0 Å². The number of aliphatic hydroxyl groups is 1. The van der Waals surface area contributed by atoms with Gasteiger partial charge in [0.25, 0.3) is 0 Å². The molecule has 2 fully saturated rings. The fourth-order valence-electron chi connectivity index (χ4n) is 2.95. The zero-order chi connectivity index (χ0) is 17.1. The normalized spacial score (nSPS) is 29.9. The molecule has 4 N–H and O–H groups in total. The van der Waals surface area contributed by atoms with Crippen LogP contribution >= 0.6 is 0 Å². The molecule has 0 aliphatic carbocycles. The lowest BCUT2D eigenvalue weighted by Gasteiger charge is -2.28. The Morgan fingerprint density at radius 1 is 1.46 bits per heavy atom. The lowest BCUT2D eigenvalue weighted by molar-refractivity contribution is 0.0182. The number of hydrogen-bond acceptors (Lipinski definition) is 9. The maximum Gasteiger partial charge on any atom is 0.229 e. The first kappa shape index (κ1) is 16.6. The van der Waals surface area contributed by atoms with Crippen molar-refractivity contribution in [3.8, 4) is 0 Å². The Morgan fingerprint density at radius 2 is 2.25 bits per heavy atom. The van der Waals surface area contributed by atoms with Crippen molar-refractivity contribution in [2.24, 2.45) is 10.7 Å². The van der Waals surface area contributed by atoms with Crippen molar-refractivity contribution >= 4 is 18.0 Å². The van der Waals surface area contributed by atoms with Gasteiger partial charge in [-0.05, 0) is 6.07 Å². The highest BCUT2D eigenvalue weighted by Gasteiger charge is 2.48. The number of hydrogen-bond donors (Lipinski definition) is 3. The number of anilines is 2. The second-order valence-corrected chi connectivity index (χ2v) is 5.71. The molecule has 4 unspecified atom stereocenters. The van der Waals surface area contributed by atoms with Gasteiger partial charge in [0, 0.05) is 32.7 Å². The van der Waals surface area contributed by atoms with E-state index in [9.17, 15) is 5.11 Å². The van der Waals surface area contributed by atoms with Crippen molar-refractivity contribution < 1.29 is 14.6 Å². The van der Waals surface area contributed by atoms with Crippen LogP contribution in [0.15, 0.2) is 29.2 Å². The van der Waals surface area contributed by atoms with Crippen LogP contribution in [0.2, 0.25) is 0 Å². The Labute approximate surface area is 140 Å². The van der Waals surface area contributed by atoms with Crippen molar-refractivity contribution in [3.05, 3.63) is 24.2 Å². The van der Waals surface area contributed by atoms with E-state index >= 15 is 0 Å². The number of nitrogens with two attached hydrogens (primary N) is 1. The van der Waals surface area contributed by atoms with Crippen LogP contribution in [0.5, 0.6) is 0 Å². The Hall–Kier alpha value is -2.23. The molecule has 1 aromatic heterocycles. The summed E-state index contributed by atoms with van der Waals surface area (Å²) in [5.74, 6) is 1.13. The number of rotatable bonds is 5. The van der Waals surface area contributed by atoms with Gasteiger partial charge in [-0.25, -0.2) is 4.98 Å². The van der Waals surface area contributed by atoms with Crippen LogP contribution in [0.4, 0.5) is 11.8 Å². The van der Waals surface area contributed by atoms with Crippen LogP contribution in [-0.2, 0) is 9.47 Å². The number of allylic oxidation sites excluding steroid dienone is 1. The molecule has 0 amide bonds. The Bertz CT molecular complexity index is 637. The lowest BCUT2D eigenvalue weighted by atomic mass is 10.1. The second-order valence-electron chi connectivity index (χ2n) is 5.71. The van der Waals surface area contributed by atoms with E-state index in [1.165, 1.54) is 6.20 Å². The van der Waals surface area contributed by atoms with E-state index in [1.54, 1.807) is 19.5 Å². The molecule has 2 aliphatic rings. The van der Waals surface area contributed by atoms with Crippen LogP contribution < -0.4 is 16.0 Å². The summed E-state index contributed by atoms with van der Waals surface area (Å²) in [5.41, 5.74) is 6.14. The van der Waals surface area contributed by atoms with Crippen LogP contribution in [0.25, 0.3) is 0 Å². The monoisotopic (exact) mass is 334 g/mol. The van der Waals surface area contributed by atoms with E-state index in [0.29, 0.717) is 24.9 Å². The SMILES string of the molecule is CN=CC(=CN)Nc1nccc(N(C)C2COC3C(O)COC32)n1. The molecule has 3 rings (SSSR count). The van der Waals surface area contributed by atoms with Crippen molar-refractivity contribution in [2.45, 2.75) is 24.4 Å². The average Bonchev–Trinajstić information content (AvgIpc) is 3.17. The average molecular weight is 334 g/mol. The molecule has 0 bridgehead atoms. The van der Waals surface area contributed by atoms with Crippen LogP contribution in [0.1, 0.15) is 0 Å². The first-order chi connectivity index (χ1) is 11.6. The first-order valence-electron chi connectivity index (χ1n) is 7.72. The molecule has 4 atom stereocenters. The Morgan fingerprint density at radius 3 is 3.00 bits per heavy atom. The minimum atomic E-state index is -0.568. The number of aromatic nitrogens is 2. The second kappa shape index (κ2) is 7.12. The molecule has 24 heavy (non-hydrogen) atoms. The van der Waals surface area contributed by atoms with E-state index in [1.807, 2.05) is 18.0 Å². The number of aliphatic hydroxyl groups excluding tert-OH is 1. The van der Waals surface area contributed by atoms with Crippen molar-refractivity contribution in [1.29, 1.82) is 0 Å². The lowest BCUT2D eigenvalue weighted by Crippen LogP contribution is -2.43. The molecule has 0 aromatic carbocycles. The zero-order valence-electron chi connectivity index (χ0n) is 13.7. The summed E-state index contributed by atoms with van der Waals surface area (Å²) in [6.07, 6.45) is 3.64. The topological polar surface area (TPSA) is 118 Å². The van der Waals surface area contributed by atoms with E-state index in [-0.39, 0.29) is 18.2 Å². The van der Waals surface area contributed by atoms with E-state index in [2.05, 4.69) is 20.3 Å². The number of likely N-dealkylation sites (N-methyl/N-ethyl adjacent to an activating group) is 1. The zero-order valence-corrected chi connectivity index (χ0v) is 13.7. The molecule has 2 saturated heterocycles. The van der Waals surface area contributed by atoms with E-state index < -0.39 is 6.10 Å². The summed E-state index contributed by atoms with van der Waals surface area (Å²) in [5, 5.41) is 12.9. The minimum Gasteiger partial charge on any atom is -0.403 e. The first-order valence-corrected chi connectivity index (χ1v) is 7.72. The maximum absolute atomic E-state index is 9.86. The molecule has 3 heterocycles. The summed E-state index contributed by atoms with van der Waals surface area (Å²) in [4.78, 5) is 14.6. The number of aliphatic imine (C=N–C) groups is 1. The maximum atomic E-state index is 9.86. The molecule has 9 nitrogen and oxygen atoms in total. The van der Waals surface area contributed by atoms with E-state index in [4.69, 9.17) is 15.2 Å².